The summed E-state index contributed by atoms with van der Waals surface area (Å²) < 4.78 is 1.28. The minimum atomic E-state index is 0.463. The molecule has 0 bridgehead atoms. The van der Waals surface area contributed by atoms with Crippen LogP contribution >= 0.6 is 11.3 Å². The molecule has 78 valence electrons. The van der Waals surface area contributed by atoms with Crippen LogP contribution in [-0.4, -0.2) is 17.6 Å². The van der Waals surface area contributed by atoms with Crippen molar-refractivity contribution >= 4 is 21.6 Å². The molecule has 1 aromatic carbocycles. The molecule has 0 spiro atoms. The van der Waals surface area contributed by atoms with E-state index in [0.717, 1.165) is 12.1 Å². The van der Waals surface area contributed by atoms with Gasteiger partial charge in [0.2, 0.25) is 0 Å². The Morgan fingerprint density at radius 3 is 3.00 bits per heavy atom. The molecular formula is C11H13N3S. The van der Waals surface area contributed by atoms with Gasteiger partial charge in [-0.25, -0.2) is 4.98 Å². The van der Waals surface area contributed by atoms with E-state index >= 15 is 0 Å². The summed E-state index contributed by atoms with van der Waals surface area (Å²) in [5.41, 5.74) is 7.53. The fourth-order valence-corrected chi connectivity index (χ4v) is 3.13. The van der Waals surface area contributed by atoms with Crippen LogP contribution in [0.25, 0.3) is 10.2 Å². The minimum Gasteiger partial charge on any atom is -0.257 e. The van der Waals surface area contributed by atoms with Gasteiger partial charge in [0.15, 0.2) is 0 Å². The summed E-state index contributed by atoms with van der Waals surface area (Å²) in [6.45, 7) is 3.16. The molecule has 2 unspecified atom stereocenters. The topological polar surface area (TPSA) is 37.0 Å². The van der Waals surface area contributed by atoms with Gasteiger partial charge in [-0.1, -0.05) is 12.1 Å². The molecule has 0 saturated carbocycles. The predicted molar refractivity (Wildman–Crippen MR) is 63.0 cm³/mol. The van der Waals surface area contributed by atoms with Crippen molar-refractivity contribution in [1.82, 2.24) is 15.8 Å². The van der Waals surface area contributed by atoms with Crippen molar-refractivity contribution in [3.8, 4) is 0 Å². The summed E-state index contributed by atoms with van der Waals surface area (Å²) >= 11 is 1.81. The molecule has 15 heavy (non-hydrogen) atoms. The van der Waals surface area contributed by atoms with Gasteiger partial charge < -0.3 is 0 Å². The first-order chi connectivity index (χ1) is 7.34. The van der Waals surface area contributed by atoms with Crippen LogP contribution in [0.3, 0.4) is 0 Å². The number of nitrogens with zero attached hydrogens (tertiary/aromatic N) is 1. The second-order valence-corrected chi connectivity index (χ2v) is 5.00. The molecule has 2 aromatic rings. The number of aromatic nitrogens is 1. The number of thiazole rings is 1. The Morgan fingerprint density at radius 1 is 1.40 bits per heavy atom. The van der Waals surface area contributed by atoms with E-state index in [-0.39, 0.29) is 0 Å². The molecule has 2 atom stereocenters. The number of hydrogen-bond donors (Lipinski definition) is 2. The molecular weight excluding hydrogens is 206 g/mol. The zero-order valence-electron chi connectivity index (χ0n) is 8.53. The summed E-state index contributed by atoms with van der Waals surface area (Å²) in [7, 11) is 0. The van der Waals surface area contributed by atoms with E-state index in [1.165, 1.54) is 9.71 Å². The number of benzene rings is 1. The highest BCUT2D eigenvalue weighted by molar-refractivity contribution is 7.18. The van der Waals surface area contributed by atoms with Gasteiger partial charge in [0.05, 0.1) is 15.2 Å². The van der Waals surface area contributed by atoms with E-state index in [4.69, 9.17) is 0 Å². The third-order valence-electron chi connectivity index (χ3n) is 2.88. The van der Waals surface area contributed by atoms with E-state index in [1.54, 1.807) is 0 Å². The molecule has 1 aliphatic heterocycles. The molecule has 1 aromatic heterocycles. The van der Waals surface area contributed by atoms with Gasteiger partial charge in [-0.15, -0.1) is 11.3 Å². The van der Waals surface area contributed by atoms with Crippen LogP contribution in [0, 0.1) is 0 Å². The molecule has 0 aliphatic carbocycles. The number of rotatable bonds is 1. The number of fused-ring (bicyclic) bond motifs is 1. The van der Waals surface area contributed by atoms with Gasteiger partial charge in [-0.05, 0) is 19.1 Å². The Bertz CT molecular complexity index is 446. The largest absolute Gasteiger partial charge is 0.257 e. The quantitative estimate of drug-likeness (QED) is 0.769. The lowest BCUT2D eigenvalue weighted by Gasteiger charge is -2.09. The summed E-state index contributed by atoms with van der Waals surface area (Å²) in [4.78, 5) is 4.68. The monoisotopic (exact) mass is 219 g/mol. The lowest BCUT2D eigenvalue weighted by Crippen LogP contribution is -2.28. The summed E-state index contributed by atoms with van der Waals surface area (Å²) in [6.07, 6.45) is 0. The van der Waals surface area contributed by atoms with Crippen molar-refractivity contribution in [2.45, 2.75) is 18.9 Å². The highest BCUT2D eigenvalue weighted by atomic mass is 32.1. The fourth-order valence-electron chi connectivity index (χ4n) is 1.96. The second-order valence-electron chi connectivity index (χ2n) is 3.94. The van der Waals surface area contributed by atoms with E-state index in [0.29, 0.717) is 12.0 Å². The first-order valence-corrected chi connectivity index (χ1v) is 6.00. The lowest BCUT2D eigenvalue weighted by atomic mass is 10.1. The van der Waals surface area contributed by atoms with Gasteiger partial charge in [-0.3, -0.25) is 10.9 Å². The van der Waals surface area contributed by atoms with Crippen LogP contribution in [0.5, 0.6) is 0 Å². The molecule has 4 heteroatoms. The predicted octanol–water partition coefficient (Wildman–Crippen LogP) is 1.88. The molecule has 3 rings (SSSR count). The van der Waals surface area contributed by atoms with Gasteiger partial charge >= 0.3 is 0 Å². The molecule has 3 nitrogen and oxygen atoms in total. The van der Waals surface area contributed by atoms with Crippen molar-refractivity contribution in [3.05, 3.63) is 29.3 Å². The SMILES string of the molecule is CC1NNCC1c1nc2ccccc2s1. The smallest absolute Gasteiger partial charge is 0.0998 e. The van der Waals surface area contributed by atoms with Gasteiger partial charge in [0.25, 0.3) is 0 Å². The van der Waals surface area contributed by atoms with Gasteiger partial charge in [0, 0.05) is 18.5 Å². The van der Waals surface area contributed by atoms with Gasteiger partial charge in [0.1, 0.15) is 0 Å². The maximum absolute atomic E-state index is 4.68. The summed E-state index contributed by atoms with van der Waals surface area (Å²) in [5, 5.41) is 1.24. The molecule has 1 aliphatic rings. The highest BCUT2D eigenvalue weighted by Crippen LogP contribution is 2.30. The average molecular weight is 219 g/mol. The number of para-hydroxylation sites is 1. The highest BCUT2D eigenvalue weighted by Gasteiger charge is 2.26. The fraction of sp³-hybridized carbons (Fsp3) is 0.364. The van der Waals surface area contributed by atoms with Crippen molar-refractivity contribution in [2.75, 3.05) is 6.54 Å². The Hall–Kier alpha value is -0.970. The van der Waals surface area contributed by atoms with Crippen molar-refractivity contribution in [2.24, 2.45) is 0 Å². The zero-order valence-corrected chi connectivity index (χ0v) is 9.34. The van der Waals surface area contributed by atoms with Crippen LogP contribution in [0.2, 0.25) is 0 Å². The molecule has 0 radical (unpaired) electrons. The maximum atomic E-state index is 4.68. The number of nitrogens with one attached hydrogen (secondary N) is 2. The third-order valence-corrected chi connectivity index (χ3v) is 4.05. The van der Waals surface area contributed by atoms with Crippen molar-refractivity contribution < 1.29 is 0 Å². The molecule has 0 amide bonds. The van der Waals surface area contributed by atoms with Crippen LogP contribution in [0.1, 0.15) is 17.8 Å². The maximum Gasteiger partial charge on any atom is 0.0998 e. The van der Waals surface area contributed by atoms with Crippen LogP contribution in [0.4, 0.5) is 0 Å². The van der Waals surface area contributed by atoms with Crippen LogP contribution in [-0.2, 0) is 0 Å². The lowest BCUT2D eigenvalue weighted by molar-refractivity contribution is 0.569. The molecule has 2 heterocycles. The van der Waals surface area contributed by atoms with E-state index < -0.39 is 0 Å². The minimum absolute atomic E-state index is 0.463. The number of hydrazine groups is 1. The molecule has 1 saturated heterocycles. The first kappa shape index (κ1) is 9.27. The summed E-state index contributed by atoms with van der Waals surface area (Å²) in [5.74, 6) is 0.502. The second kappa shape index (κ2) is 3.56. The van der Waals surface area contributed by atoms with Crippen LogP contribution in [0.15, 0.2) is 24.3 Å². The standard InChI is InChI=1S/C11H13N3S/c1-7-8(6-12-14-7)11-13-9-4-2-3-5-10(9)15-11/h2-5,7-8,12,14H,6H2,1H3. The third kappa shape index (κ3) is 1.55. The Kier molecular flexibility index (Phi) is 2.20. The van der Waals surface area contributed by atoms with E-state index in [9.17, 15) is 0 Å². The normalized spacial score (nSPS) is 26.2. The summed E-state index contributed by atoms with van der Waals surface area (Å²) in [6, 6.07) is 8.79. The van der Waals surface area contributed by atoms with Crippen molar-refractivity contribution in [1.29, 1.82) is 0 Å². The van der Waals surface area contributed by atoms with E-state index in [2.05, 4.69) is 41.0 Å². The number of hydrogen-bond acceptors (Lipinski definition) is 4. The average Bonchev–Trinajstić information content (AvgIpc) is 2.82. The van der Waals surface area contributed by atoms with E-state index in [1.807, 2.05) is 17.4 Å². The van der Waals surface area contributed by atoms with Crippen molar-refractivity contribution in [3.63, 3.8) is 0 Å². The Balaban J connectivity index is 2.04. The first-order valence-electron chi connectivity index (χ1n) is 5.18. The molecule has 1 fully saturated rings. The Morgan fingerprint density at radius 2 is 2.27 bits per heavy atom. The zero-order chi connectivity index (χ0) is 10.3. The van der Waals surface area contributed by atoms with Gasteiger partial charge in [-0.2, -0.15) is 0 Å². The Labute approximate surface area is 92.5 Å². The molecule has 2 N–H and O–H groups in total. The van der Waals surface area contributed by atoms with Crippen LogP contribution < -0.4 is 10.9 Å².